The van der Waals surface area contributed by atoms with Crippen LogP contribution >= 0.6 is 0 Å². The monoisotopic (exact) mass is 246 g/mol. The minimum Gasteiger partial charge on any atom is -0.381 e. The Labute approximate surface area is 106 Å². The van der Waals surface area contributed by atoms with E-state index in [1.807, 2.05) is 24.3 Å². The van der Waals surface area contributed by atoms with E-state index in [0.29, 0.717) is 13.2 Å². The highest BCUT2D eigenvalue weighted by Crippen LogP contribution is 2.12. The van der Waals surface area contributed by atoms with Gasteiger partial charge in [-0.1, -0.05) is 12.1 Å². The third kappa shape index (κ3) is 3.53. The molecular weight excluding hydrogens is 231 g/mol. The van der Waals surface area contributed by atoms with Gasteiger partial charge in [0.25, 0.3) is 0 Å². The number of ether oxygens (including phenoxy) is 1. The van der Waals surface area contributed by atoms with Gasteiger partial charge < -0.3 is 10.1 Å². The molecule has 0 aliphatic rings. The number of nitrogens with one attached hydrogen (secondary N) is 1. The Morgan fingerprint density at radius 2 is 1.94 bits per heavy atom. The van der Waals surface area contributed by atoms with Crippen molar-refractivity contribution in [3.8, 4) is 0 Å². The zero-order chi connectivity index (χ0) is 12.8. The number of halogens is 1. The molecule has 0 saturated heterocycles. The second kappa shape index (κ2) is 6.12. The predicted octanol–water partition coefficient (Wildman–Crippen LogP) is 2.98. The minimum atomic E-state index is -0.315. The standard InChI is InChI=1S/C14H15FN2O/c1-18-10-11-2-4-14(5-3-11)17-8-12-6-13(15)9-16-7-12/h2-7,9,17H,8,10H2,1H3. The van der Waals surface area contributed by atoms with E-state index in [-0.39, 0.29) is 5.82 Å². The molecule has 0 bridgehead atoms. The third-order valence-electron chi connectivity index (χ3n) is 2.52. The molecule has 4 heteroatoms. The van der Waals surface area contributed by atoms with Gasteiger partial charge >= 0.3 is 0 Å². The summed E-state index contributed by atoms with van der Waals surface area (Å²) in [5.74, 6) is -0.315. The number of aromatic nitrogens is 1. The Hall–Kier alpha value is -1.94. The first-order chi connectivity index (χ1) is 8.78. The van der Waals surface area contributed by atoms with E-state index < -0.39 is 0 Å². The lowest BCUT2D eigenvalue weighted by molar-refractivity contribution is 0.185. The molecule has 1 N–H and O–H groups in total. The van der Waals surface area contributed by atoms with Crippen molar-refractivity contribution in [2.24, 2.45) is 0 Å². The molecule has 3 nitrogen and oxygen atoms in total. The van der Waals surface area contributed by atoms with Crippen LogP contribution in [-0.2, 0) is 17.9 Å². The fourth-order valence-corrected chi connectivity index (χ4v) is 1.64. The highest BCUT2D eigenvalue weighted by atomic mass is 19.1. The van der Waals surface area contributed by atoms with Crippen molar-refractivity contribution < 1.29 is 9.13 Å². The van der Waals surface area contributed by atoms with Gasteiger partial charge in [-0.25, -0.2) is 4.39 Å². The molecule has 0 aliphatic heterocycles. The second-order valence-electron chi connectivity index (χ2n) is 3.99. The van der Waals surface area contributed by atoms with Crippen molar-refractivity contribution in [1.82, 2.24) is 4.98 Å². The fourth-order valence-electron chi connectivity index (χ4n) is 1.64. The van der Waals surface area contributed by atoms with Gasteiger partial charge in [0.15, 0.2) is 0 Å². The quantitative estimate of drug-likeness (QED) is 0.880. The van der Waals surface area contributed by atoms with Crippen LogP contribution in [0.15, 0.2) is 42.7 Å². The van der Waals surface area contributed by atoms with Crippen molar-refractivity contribution in [3.05, 3.63) is 59.7 Å². The number of hydrogen-bond donors (Lipinski definition) is 1. The largest absolute Gasteiger partial charge is 0.381 e. The molecule has 0 spiro atoms. The van der Waals surface area contributed by atoms with Crippen LogP contribution in [-0.4, -0.2) is 12.1 Å². The number of anilines is 1. The molecule has 18 heavy (non-hydrogen) atoms. The normalized spacial score (nSPS) is 10.3. The number of nitrogens with zero attached hydrogens (tertiary/aromatic N) is 1. The van der Waals surface area contributed by atoms with E-state index in [0.717, 1.165) is 16.8 Å². The minimum absolute atomic E-state index is 0.315. The number of benzene rings is 1. The van der Waals surface area contributed by atoms with E-state index in [2.05, 4.69) is 10.3 Å². The lowest BCUT2D eigenvalue weighted by Crippen LogP contribution is -2.00. The molecule has 1 aromatic carbocycles. The van der Waals surface area contributed by atoms with Crippen molar-refractivity contribution in [2.45, 2.75) is 13.2 Å². The average molecular weight is 246 g/mol. The zero-order valence-electron chi connectivity index (χ0n) is 10.2. The summed E-state index contributed by atoms with van der Waals surface area (Å²) in [4.78, 5) is 3.80. The third-order valence-corrected chi connectivity index (χ3v) is 2.52. The Balaban J connectivity index is 1.93. The van der Waals surface area contributed by atoms with Crippen LogP contribution < -0.4 is 5.32 Å². The molecule has 0 saturated carbocycles. The van der Waals surface area contributed by atoms with Gasteiger partial charge in [0, 0.05) is 25.5 Å². The first kappa shape index (κ1) is 12.5. The first-order valence-electron chi connectivity index (χ1n) is 5.69. The van der Waals surface area contributed by atoms with Gasteiger partial charge in [-0.05, 0) is 29.3 Å². The molecule has 2 rings (SSSR count). The summed E-state index contributed by atoms with van der Waals surface area (Å²) in [6.45, 7) is 1.16. The van der Waals surface area contributed by atoms with E-state index >= 15 is 0 Å². The van der Waals surface area contributed by atoms with Crippen molar-refractivity contribution in [1.29, 1.82) is 0 Å². The predicted molar refractivity (Wildman–Crippen MR) is 68.7 cm³/mol. The Kier molecular flexibility index (Phi) is 4.25. The lowest BCUT2D eigenvalue weighted by Gasteiger charge is -2.07. The van der Waals surface area contributed by atoms with Gasteiger partial charge in [0.2, 0.25) is 0 Å². The molecule has 0 aliphatic carbocycles. The Morgan fingerprint density at radius 3 is 2.61 bits per heavy atom. The molecule has 0 fully saturated rings. The lowest BCUT2D eigenvalue weighted by atomic mass is 10.2. The van der Waals surface area contributed by atoms with Crippen molar-refractivity contribution in [2.75, 3.05) is 12.4 Å². The molecule has 0 radical (unpaired) electrons. The smallest absolute Gasteiger partial charge is 0.141 e. The second-order valence-corrected chi connectivity index (χ2v) is 3.99. The zero-order valence-corrected chi connectivity index (χ0v) is 10.2. The van der Waals surface area contributed by atoms with E-state index in [9.17, 15) is 4.39 Å². The number of hydrogen-bond acceptors (Lipinski definition) is 3. The summed E-state index contributed by atoms with van der Waals surface area (Å²) in [6, 6.07) is 9.41. The van der Waals surface area contributed by atoms with Crippen LogP contribution in [0.2, 0.25) is 0 Å². The Bertz CT molecular complexity index is 499. The molecule has 2 aromatic rings. The van der Waals surface area contributed by atoms with Gasteiger partial charge in [-0.15, -0.1) is 0 Å². The van der Waals surface area contributed by atoms with Crippen LogP contribution in [0.1, 0.15) is 11.1 Å². The number of methoxy groups -OCH3 is 1. The van der Waals surface area contributed by atoms with Crippen LogP contribution in [0.25, 0.3) is 0 Å². The molecule has 0 unspecified atom stereocenters. The SMILES string of the molecule is COCc1ccc(NCc2cncc(F)c2)cc1. The van der Waals surface area contributed by atoms with E-state index in [1.165, 1.54) is 12.3 Å². The summed E-state index contributed by atoms with van der Waals surface area (Å²) in [5.41, 5.74) is 2.92. The van der Waals surface area contributed by atoms with E-state index in [1.54, 1.807) is 13.3 Å². The van der Waals surface area contributed by atoms with Crippen LogP contribution in [0, 0.1) is 5.82 Å². The topological polar surface area (TPSA) is 34.1 Å². The van der Waals surface area contributed by atoms with Crippen molar-refractivity contribution in [3.63, 3.8) is 0 Å². The molecular formula is C14H15FN2O. The number of pyridine rings is 1. The molecule has 1 heterocycles. The number of rotatable bonds is 5. The summed E-state index contributed by atoms with van der Waals surface area (Å²) >= 11 is 0. The average Bonchev–Trinajstić information content (AvgIpc) is 2.38. The van der Waals surface area contributed by atoms with Crippen LogP contribution in [0.5, 0.6) is 0 Å². The van der Waals surface area contributed by atoms with Gasteiger partial charge in [-0.2, -0.15) is 0 Å². The summed E-state index contributed by atoms with van der Waals surface area (Å²) in [5, 5.41) is 3.21. The Morgan fingerprint density at radius 1 is 1.17 bits per heavy atom. The fraction of sp³-hybridized carbons (Fsp3) is 0.214. The summed E-state index contributed by atoms with van der Waals surface area (Å²) in [6.07, 6.45) is 2.85. The highest BCUT2D eigenvalue weighted by Gasteiger charge is 1.97. The molecule has 0 amide bonds. The molecule has 1 aromatic heterocycles. The van der Waals surface area contributed by atoms with Crippen molar-refractivity contribution >= 4 is 5.69 Å². The maximum Gasteiger partial charge on any atom is 0.141 e. The molecule has 0 atom stereocenters. The highest BCUT2D eigenvalue weighted by molar-refractivity contribution is 5.44. The van der Waals surface area contributed by atoms with Gasteiger partial charge in [0.1, 0.15) is 5.82 Å². The molecule has 94 valence electrons. The van der Waals surface area contributed by atoms with Gasteiger partial charge in [-0.3, -0.25) is 4.98 Å². The van der Waals surface area contributed by atoms with Gasteiger partial charge in [0.05, 0.1) is 12.8 Å². The first-order valence-corrected chi connectivity index (χ1v) is 5.69. The van der Waals surface area contributed by atoms with Crippen LogP contribution in [0.3, 0.4) is 0 Å². The van der Waals surface area contributed by atoms with E-state index in [4.69, 9.17) is 4.74 Å². The summed E-state index contributed by atoms with van der Waals surface area (Å²) in [7, 11) is 1.67. The maximum absolute atomic E-state index is 12.9. The summed E-state index contributed by atoms with van der Waals surface area (Å²) < 4.78 is 18.0. The maximum atomic E-state index is 12.9. The van der Waals surface area contributed by atoms with Crippen LogP contribution in [0.4, 0.5) is 10.1 Å².